The van der Waals surface area contributed by atoms with Gasteiger partial charge in [0, 0.05) is 30.4 Å². The van der Waals surface area contributed by atoms with Crippen molar-refractivity contribution in [2.24, 2.45) is 0 Å². The second-order valence-electron chi connectivity index (χ2n) is 9.92. The summed E-state index contributed by atoms with van der Waals surface area (Å²) in [5.41, 5.74) is 6.93. The molecule has 3 heterocycles. The third-order valence-electron chi connectivity index (χ3n) is 7.15. The molecule has 0 unspecified atom stereocenters. The smallest absolute Gasteiger partial charge is 0.255 e. The van der Waals surface area contributed by atoms with E-state index in [1.807, 2.05) is 54.9 Å². The highest BCUT2D eigenvalue weighted by Gasteiger charge is 2.44. The molecule has 196 valence electrons. The number of aromatic nitrogens is 1. The Hall–Kier alpha value is -3.43. The summed E-state index contributed by atoms with van der Waals surface area (Å²) in [6.45, 7) is 8.78. The predicted octanol–water partition coefficient (Wildman–Crippen LogP) is 4.23. The monoisotopic (exact) mass is 546 g/mol. The molecule has 3 aromatic rings. The molecule has 7 nitrogen and oxygen atoms in total. The van der Waals surface area contributed by atoms with Crippen LogP contribution in [0.5, 0.6) is 0 Å². The molecule has 1 aromatic heterocycles. The molecule has 0 bridgehead atoms. The number of rotatable bonds is 7. The van der Waals surface area contributed by atoms with Crippen LogP contribution in [0.1, 0.15) is 40.5 Å². The predicted molar refractivity (Wildman–Crippen MR) is 152 cm³/mol. The molecule has 9 heteroatoms. The van der Waals surface area contributed by atoms with E-state index in [0.717, 1.165) is 27.3 Å². The number of thiol groups is 1. The molecule has 1 N–H and O–H groups in total. The first-order chi connectivity index (χ1) is 18.2. The van der Waals surface area contributed by atoms with E-state index in [1.165, 1.54) is 0 Å². The lowest BCUT2D eigenvalue weighted by molar-refractivity contribution is -0.141. The lowest BCUT2D eigenvalue weighted by Crippen LogP contribution is -2.54. The van der Waals surface area contributed by atoms with Gasteiger partial charge in [-0.05, 0) is 48.6 Å². The second-order valence-corrected chi connectivity index (χ2v) is 11.5. The Morgan fingerprint density at radius 2 is 1.95 bits per heavy atom. The molecule has 5 rings (SSSR count). The average molecular weight is 547 g/mol. The molecule has 2 aliphatic heterocycles. The third-order valence-corrected chi connectivity index (χ3v) is 8.51. The molecule has 38 heavy (non-hydrogen) atoms. The van der Waals surface area contributed by atoms with Crippen LogP contribution >= 0.6 is 24.0 Å². The van der Waals surface area contributed by atoms with Gasteiger partial charge in [-0.1, -0.05) is 49.0 Å². The minimum atomic E-state index is -0.841. The van der Waals surface area contributed by atoms with Gasteiger partial charge in [-0.3, -0.25) is 14.4 Å². The van der Waals surface area contributed by atoms with E-state index < -0.39 is 12.1 Å². The van der Waals surface area contributed by atoms with Crippen molar-refractivity contribution >= 4 is 41.7 Å². The van der Waals surface area contributed by atoms with Crippen molar-refractivity contribution in [3.63, 3.8) is 0 Å². The van der Waals surface area contributed by atoms with Gasteiger partial charge in [-0.25, -0.2) is 4.98 Å². The molecule has 0 radical (unpaired) electrons. The van der Waals surface area contributed by atoms with E-state index in [4.69, 9.17) is 0 Å². The number of hydrogen-bond acceptors (Lipinski definition) is 6. The first kappa shape index (κ1) is 26.2. The van der Waals surface area contributed by atoms with E-state index in [1.54, 1.807) is 34.1 Å². The molecule has 2 aromatic carbocycles. The number of likely N-dealkylation sites (tertiary alicyclic amines) is 1. The van der Waals surface area contributed by atoms with Crippen LogP contribution in [0, 0.1) is 6.92 Å². The number of benzene rings is 2. The summed E-state index contributed by atoms with van der Waals surface area (Å²) in [4.78, 5) is 48.8. The van der Waals surface area contributed by atoms with Crippen LogP contribution in [-0.4, -0.2) is 56.4 Å². The highest BCUT2D eigenvalue weighted by Crippen LogP contribution is 2.31. The van der Waals surface area contributed by atoms with Crippen molar-refractivity contribution in [3.05, 3.63) is 88.6 Å². The number of nitrogens with zero attached hydrogens (tertiary/aromatic N) is 3. The van der Waals surface area contributed by atoms with Crippen LogP contribution in [0.3, 0.4) is 0 Å². The zero-order chi connectivity index (χ0) is 27.0. The normalized spacial score (nSPS) is 19.4. The Bertz CT molecular complexity index is 1400. The zero-order valence-corrected chi connectivity index (χ0v) is 23.1. The summed E-state index contributed by atoms with van der Waals surface area (Å²) in [5, 5.41) is 2.86. The van der Waals surface area contributed by atoms with Crippen molar-refractivity contribution in [2.45, 2.75) is 50.7 Å². The van der Waals surface area contributed by atoms with Gasteiger partial charge in [-0.2, -0.15) is 12.6 Å². The molecule has 2 aliphatic rings. The molecular formula is C29H30N4O3S2. The Kier molecular flexibility index (Phi) is 7.40. The zero-order valence-electron chi connectivity index (χ0n) is 21.4. The Morgan fingerprint density at radius 3 is 2.61 bits per heavy atom. The fourth-order valence-corrected chi connectivity index (χ4v) is 6.41. The summed E-state index contributed by atoms with van der Waals surface area (Å²) < 4.78 is 0. The number of nitrogens with one attached hydrogen (secondary N) is 1. The Labute approximate surface area is 232 Å². The maximum absolute atomic E-state index is 13.8. The van der Waals surface area contributed by atoms with Crippen LogP contribution in [0.2, 0.25) is 0 Å². The fraction of sp³-hybridized carbons (Fsp3) is 0.310. The van der Waals surface area contributed by atoms with Gasteiger partial charge in [0.2, 0.25) is 11.8 Å². The lowest BCUT2D eigenvalue weighted by Gasteiger charge is -2.33. The topological polar surface area (TPSA) is 82.6 Å². The quantitative estimate of drug-likeness (QED) is 0.343. The summed E-state index contributed by atoms with van der Waals surface area (Å²) in [5.74, 6) is -0.713. The van der Waals surface area contributed by atoms with Crippen LogP contribution in [0.4, 0.5) is 0 Å². The highest BCUT2D eigenvalue weighted by molar-refractivity contribution is 7.81. The van der Waals surface area contributed by atoms with Gasteiger partial charge in [0.05, 0.1) is 16.1 Å². The molecule has 1 saturated heterocycles. The molecule has 3 amide bonds. The van der Waals surface area contributed by atoms with Crippen molar-refractivity contribution in [3.8, 4) is 10.4 Å². The number of fused-ring (bicyclic) bond motifs is 1. The van der Waals surface area contributed by atoms with Gasteiger partial charge in [0.1, 0.15) is 12.1 Å². The Balaban J connectivity index is 1.27. The standard InChI is InChI=1S/C29H30N4O3S2/c1-17(2)25(33-14-21-6-4-5-7-23(21)28(33)35)29(36)32-15-22(37)12-24(32)27(34)30-13-19-8-10-20(11-9-19)26-18(3)31-16-38-26/h4-11,16,22,24-25,37H,1,12-15H2,2-3H3,(H,30,34)/t22-,24+,25+/m1/s1. The number of hydrogen-bond donors (Lipinski definition) is 2. The minimum absolute atomic E-state index is 0.131. The fourth-order valence-electron chi connectivity index (χ4n) is 5.22. The van der Waals surface area contributed by atoms with Crippen LogP contribution in [0.25, 0.3) is 10.4 Å². The van der Waals surface area contributed by atoms with Crippen molar-refractivity contribution < 1.29 is 14.4 Å². The van der Waals surface area contributed by atoms with Gasteiger partial charge in [-0.15, -0.1) is 11.3 Å². The number of carbonyl (C=O) groups excluding carboxylic acids is 3. The molecule has 3 atom stereocenters. The van der Waals surface area contributed by atoms with Crippen LogP contribution < -0.4 is 5.32 Å². The number of thiazole rings is 1. The number of aryl methyl sites for hydroxylation is 1. The third kappa shape index (κ3) is 5.00. The molecule has 1 fully saturated rings. The van der Waals surface area contributed by atoms with Crippen LogP contribution in [-0.2, 0) is 22.7 Å². The van der Waals surface area contributed by atoms with Crippen molar-refractivity contribution in [1.29, 1.82) is 0 Å². The van der Waals surface area contributed by atoms with E-state index >= 15 is 0 Å². The summed E-state index contributed by atoms with van der Waals surface area (Å²) in [6.07, 6.45) is 0.446. The summed E-state index contributed by atoms with van der Waals surface area (Å²) in [6, 6.07) is 13.9. The average Bonchev–Trinajstić information content (AvgIpc) is 3.60. The summed E-state index contributed by atoms with van der Waals surface area (Å²) >= 11 is 6.19. The van der Waals surface area contributed by atoms with E-state index in [2.05, 4.69) is 29.5 Å². The van der Waals surface area contributed by atoms with Crippen LogP contribution in [0.15, 0.2) is 66.2 Å². The highest BCUT2D eigenvalue weighted by atomic mass is 32.1. The summed E-state index contributed by atoms with van der Waals surface area (Å²) in [7, 11) is 0. The van der Waals surface area contributed by atoms with Gasteiger partial charge in [0.15, 0.2) is 0 Å². The first-order valence-corrected chi connectivity index (χ1v) is 13.9. The largest absolute Gasteiger partial charge is 0.350 e. The second kappa shape index (κ2) is 10.7. The molecule has 0 spiro atoms. The van der Waals surface area contributed by atoms with Gasteiger partial charge >= 0.3 is 0 Å². The molecular weight excluding hydrogens is 516 g/mol. The molecule has 0 saturated carbocycles. The van der Waals surface area contributed by atoms with Crippen molar-refractivity contribution in [1.82, 2.24) is 20.1 Å². The Morgan fingerprint density at radius 1 is 1.21 bits per heavy atom. The van der Waals surface area contributed by atoms with E-state index in [9.17, 15) is 14.4 Å². The maximum atomic E-state index is 13.8. The van der Waals surface area contributed by atoms with Gasteiger partial charge in [0.25, 0.3) is 5.91 Å². The van der Waals surface area contributed by atoms with Crippen molar-refractivity contribution in [2.75, 3.05) is 6.54 Å². The van der Waals surface area contributed by atoms with E-state index in [-0.39, 0.29) is 23.0 Å². The maximum Gasteiger partial charge on any atom is 0.255 e. The number of amides is 3. The lowest BCUT2D eigenvalue weighted by atomic mass is 10.1. The molecule has 0 aliphatic carbocycles. The van der Waals surface area contributed by atoms with E-state index in [0.29, 0.717) is 37.2 Å². The SMILES string of the molecule is C=C(C)[C@@H](C(=O)N1C[C@H](S)C[C@H]1C(=O)NCc1ccc(-c2scnc2C)cc1)N1Cc2ccccc2C1=O. The number of carbonyl (C=O) groups is 3. The minimum Gasteiger partial charge on any atom is -0.350 e. The van der Waals surface area contributed by atoms with Gasteiger partial charge < -0.3 is 15.1 Å². The first-order valence-electron chi connectivity index (χ1n) is 12.5.